The molecule has 1 aliphatic rings. The first kappa shape index (κ1) is 21.5. The second-order valence-corrected chi connectivity index (χ2v) is 9.26. The van der Waals surface area contributed by atoms with Crippen molar-refractivity contribution < 1.29 is 27.5 Å². The highest BCUT2D eigenvalue weighted by molar-refractivity contribution is 9.10. The second-order valence-electron chi connectivity index (χ2n) is 6.70. The van der Waals surface area contributed by atoms with Crippen molar-refractivity contribution in [2.75, 3.05) is 7.11 Å². The number of carbonyl (C=O) groups excluding carboxylic acids is 2. The van der Waals surface area contributed by atoms with Gasteiger partial charge in [-0.1, -0.05) is 0 Å². The van der Waals surface area contributed by atoms with E-state index in [1.54, 1.807) is 18.2 Å². The molecule has 1 fully saturated rings. The first-order chi connectivity index (χ1) is 13.7. The Hall–Kier alpha value is -2.23. The number of halogens is 1. The van der Waals surface area contributed by atoms with Crippen LogP contribution in [0.4, 0.5) is 0 Å². The molecular weight excluding hydrogens is 462 g/mol. The third-order valence-electron chi connectivity index (χ3n) is 4.41. The molecule has 7 nitrogen and oxygen atoms in total. The lowest BCUT2D eigenvalue weighted by Gasteiger charge is -2.12. The summed E-state index contributed by atoms with van der Waals surface area (Å²) in [5.74, 6) is -0.341. The van der Waals surface area contributed by atoms with Crippen LogP contribution in [0.25, 0.3) is 0 Å². The molecule has 154 valence electrons. The third-order valence-corrected chi connectivity index (χ3v) is 6.62. The average Bonchev–Trinajstić information content (AvgIpc) is 3.49. The number of hydrogen-bond acceptors (Lipinski definition) is 6. The van der Waals surface area contributed by atoms with Crippen LogP contribution in [0, 0.1) is 0 Å². The van der Waals surface area contributed by atoms with Crippen LogP contribution < -0.4 is 9.46 Å². The summed E-state index contributed by atoms with van der Waals surface area (Å²) in [7, 11) is -2.22. The zero-order chi connectivity index (χ0) is 21.2. The minimum atomic E-state index is -3.70. The van der Waals surface area contributed by atoms with Gasteiger partial charge in [0.1, 0.15) is 12.4 Å². The van der Waals surface area contributed by atoms with E-state index in [0.717, 1.165) is 12.8 Å². The smallest absolute Gasteiger partial charge is 0.339 e. The van der Waals surface area contributed by atoms with Crippen molar-refractivity contribution in [1.29, 1.82) is 0 Å². The van der Waals surface area contributed by atoms with Crippen molar-refractivity contribution in [3.8, 4) is 5.75 Å². The van der Waals surface area contributed by atoms with E-state index in [1.807, 2.05) is 0 Å². The third kappa shape index (κ3) is 5.23. The van der Waals surface area contributed by atoms with E-state index in [0.29, 0.717) is 21.3 Å². The van der Waals surface area contributed by atoms with Crippen molar-refractivity contribution in [3.05, 3.63) is 57.6 Å². The average molecular weight is 482 g/mol. The van der Waals surface area contributed by atoms with Gasteiger partial charge in [0.2, 0.25) is 10.0 Å². The molecule has 0 heterocycles. The summed E-state index contributed by atoms with van der Waals surface area (Å²) in [5, 5.41) is 0. The highest BCUT2D eigenvalue weighted by Crippen LogP contribution is 2.26. The van der Waals surface area contributed by atoms with Gasteiger partial charge < -0.3 is 9.47 Å². The molecule has 0 unspecified atom stereocenters. The first-order valence-corrected chi connectivity index (χ1v) is 11.2. The van der Waals surface area contributed by atoms with E-state index in [4.69, 9.17) is 9.47 Å². The Morgan fingerprint density at radius 1 is 1.17 bits per heavy atom. The van der Waals surface area contributed by atoms with Gasteiger partial charge in [-0.2, -0.15) is 0 Å². The van der Waals surface area contributed by atoms with E-state index in [-0.39, 0.29) is 28.9 Å². The van der Waals surface area contributed by atoms with Crippen molar-refractivity contribution >= 4 is 37.7 Å². The van der Waals surface area contributed by atoms with Crippen LogP contribution in [0.1, 0.15) is 46.0 Å². The minimum Gasteiger partial charge on any atom is -0.496 e. The number of sulfonamides is 1. The Bertz CT molecular complexity index is 1060. The molecule has 0 bridgehead atoms. The van der Waals surface area contributed by atoms with Gasteiger partial charge >= 0.3 is 5.97 Å². The molecule has 0 spiro atoms. The fourth-order valence-corrected chi connectivity index (χ4v) is 4.39. The van der Waals surface area contributed by atoms with Crippen LogP contribution in [0.5, 0.6) is 5.75 Å². The van der Waals surface area contributed by atoms with Crippen LogP contribution in [0.15, 0.2) is 45.8 Å². The van der Waals surface area contributed by atoms with Crippen LogP contribution in [0.2, 0.25) is 0 Å². The topological polar surface area (TPSA) is 98.8 Å². The molecule has 0 amide bonds. The number of ether oxygens (including phenoxy) is 2. The zero-order valence-corrected chi connectivity index (χ0v) is 18.3. The van der Waals surface area contributed by atoms with Gasteiger partial charge in [-0.05, 0) is 72.1 Å². The summed E-state index contributed by atoms with van der Waals surface area (Å²) < 4.78 is 38.4. The van der Waals surface area contributed by atoms with E-state index >= 15 is 0 Å². The molecule has 1 aliphatic carbocycles. The molecule has 9 heteroatoms. The summed E-state index contributed by atoms with van der Waals surface area (Å²) in [6.45, 7) is 1.31. The minimum absolute atomic E-state index is 0.00397. The normalized spacial score (nSPS) is 13.8. The molecule has 3 rings (SSSR count). The van der Waals surface area contributed by atoms with Gasteiger partial charge in [0, 0.05) is 21.6 Å². The molecular formula is C20H20BrNO6S. The maximum atomic E-state index is 12.6. The summed E-state index contributed by atoms with van der Waals surface area (Å²) >= 11 is 3.26. The summed E-state index contributed by atoms with van der Waals surface area (Å²) in [6.07, 6.45) is 1.62. The zero-order valence-electron chi connectivity index (χ0n) is 15.9. The fraction of sp³-hybridized carbons (Fsp3) is 0.300. The van der Waals surface area contributed by atoms with Crippen LogP contribution in [0.3, 0.4) is 0 Å². The van der Waals surface area contributed by atoms with Crippen molar-refractivity contribution in [2.24, 2.45) is 0 Å². The SMILES string of the molecule is COc1ccc(C(C)=O)cc1COC(=O)c1cc(S(=O)(=O)NC2CC2)ccc1Br. The maximum absolute atomic E-state index is 12.6. The number of carbonyl (C=O) groups is 2. The van der Waals surface area contributed by atoms with Crippen molar-refractivity contribution in [2.45, 2.75) is 37.3 Å². The Morgan fingerprint density at radius 3 is 2.52 bits per heavy atom. The Balaban J connectivity index is 1.80. The molecule has 0 aromatic heterocycles. The van der Waals surface area contributed by atoms with Gasteiger partial charge in [0.15, 0.2) is 5.78 Å². The standard InChI is InChI=1S/C20H20BrNO6S/c1-12(23)13-3-8-19(27-2)14(9-13)11-28-20(24)17-10-16(6-7-18(17)21)29(25,26)22-15-4-5-15/h3,6-10,15,22H,4-5,11H2,1-2H3. The predicted molar refractivity (Wildman–Crippen MR) is 110 cm³/mol. The van der Waals surface area contributed by atoms with E-state index < -0.39 is 16.0 Å². The van der Waals surface area contributed by atoms with E-state index in [2.05, 4.69) is 20.7 Å². The molecule has 2 aromatic carbocycles. The molecule has 0 atom stereocenters. The number of hydrogen-bond donors (Lipinski definition) is 1. The monoisotopic (exact) mass is 481 g/mol. The molecule has 0 radical (unpaired) electrons. The lowest BCUT2D eigenvalue weighted by molar-refractivity contribution is 0.0468. The number of Topliss-reactive ketones (excluding diaryl/α,β-unsaturated/α-hetero) is 1. The Labute approximate surface area is 177 Å². The van der Waals surface area contributed by atoms with Crippen LogP contribution in [-0.2, 0) is 21.4 Å². The molecule has 1 saturated carbocycles. The van der Waals surface area contributed by atoms with Crippen molar-refractivity contribution in [3.63, 3.8) is 0 Å². The number of nitrogens with one attached hydrogen (secondary N) is 1. The second kappa shape index (κ2) is 8.64. The highest BCUT2D eigenvalue weighted by atomic mass is 79.9. The number of ketones is 1. The number of esters is 1. The Kier molecular flexibility index (Phi) is 6.40. The number of rotatable bonds is 8. The number of methoxy groups -OCH3 is 1. The van der Waals surface area contributed by atoms with Gasteiger partial charge in [0.25, 0.3) is 0 Å². The quantitative estimate of drug-likeness (QED) is 0.457. The summed E-state index contributed by atoms with van der Waals surface area (Å²) in [5.41, 5.74) is 1.09. The fourth-order valence-electron chi connectivity index (χ4n) is 2.65. The van der Waals surface area contributed by atoms with Gasteiger partial charge in [-0.3, -0.25) is 4.79 Å². The van der Waals surface area contributed by atoms with Crippen LogP contribution in [-0.4, -0.2) is 33.3 Å². The van der Waals surface area contributed by atoms with Crippen molar-refractivity contribution in [1.82, 2.24) is 4.72 Å². The Morgan fingerprint density at radius 2 is 1.90 bits per heavy atom. The highest BCUT2D eigenvalue weighted by Gasteiger charge is 2.28. The molecule has 29 heavy (non-hydrogen) atoms. The first-order valence-electron chi connectivity index (χ1n) is 8.88. The molecule has 0 aliphatic heterocycles. The molecule has 2 aromatic rings. The largest absolute Gasteiger partial charge is 0.496 e. The van der Waals surface area contributed by atoms with E-state index in [1.165, 1.54) is 32.2 Å². The predicted octanol–water partition coefficient (Wildman–Crippen LogP) is 3.46. The summed E-state index contributed by atoms with van der Waals surface area (Å²) in [4.78, 5) is 24.2. The van der Waals surface area contributed by atoms with Gasteiger partial charge in [0.05, 0.1) is 17.6 Å². The van der Waals surface area contributed by atoms with E-state index in [9.17, 15) is 18.0 Å². The van der Waals surface area contributed by atoms with Gasteiger partial charge in [-0.25, -0.2) is 17.9 Å². The van der Waals surface area contributed by atoms with Gasteiger partial charge in [-0.15, -0.1) is 0 Å². The molecule has 1 N–H and O–H groups in total. The summed E-state index contributed by atoms with van der Waals surface area (Å²) in [6, 6.07) is 9.02. The van der Waals surface area contributed by atoms with Crippen LogP contribution >= 0.6 is 15.9 Å². The lowest BCUT2D eigenvalue weighted by atomic mass is 10.1. The maximum Gasteiger partial charge on any atom is 0.339 e. The number of benzene rings is 2. The molecule has 0 saturated heterocycles. The lowest BCUT2D eigenvalue weighted by Crippen LogP contribution is -2.26.